The lowest BCUT2D eigenvalue weighted by Gasteiger charge is -2.27. The number of carbonyl (C=O) groups excluding carboxylic acids is 1. The number of methoxy groups -OCH3 is 1. The van der Waals surface area contributed by atoms with Crippen LogP contribution in [0.2, 0.25) is 0 Å². The second-order valence-electron chi connectivity index (χ2n) is 4.48. The third kappa shape index (κ3) is 3.47. The summed E-state index contributed by atoms with van der Waals surface area (Å²) < 4.78 is 5.17. The number of aryl methyl sites for hydroxylation is 1. The molecule has 1 aliphatic heterocycles. The van der Waals surface area contributed by atoms with Gasteiger partial charge in [0, 0.05) is 32.6 Å². The Morgan fingerprint density at radius 1 is 1.39 bits per heavy atom. The lowest BCUT2D eigenvalue weighted by Crippen LogP contribution is -2.46. The van der Waals surface area contributed by atoms with Crippen LogP contribution in [0.25, 0.3) is 0 Å². The van der Waals surface area contributed by atoms with Crippen LogP contribution < -0.4 is 10.1 Å². The van der Waals surface area contributed by atoms with E-state index in [-0.39, 0.29) is 5.91 Å². The van der Waals surface area contributed by atoms with E-state index < -0.39 is 0 Å². The van der Waals surface area contributed by atoms with Crippen LogP contribution in [-0.2, 0) is 11.2 Å². The van der Waals surface area contributed by atoms with Gasteiger partial charge in [-0.1, -0.05) is 12.1 Å². The quantitative estimate of drug-likeness (QED) is 0.866. The number of rotatable bonds is 4. The molecule has 1 fully saturated rings. The molecule has 1 N–H and O–H groups in total. The van der Waals surface area contributed by atoms with Crippen molar-refractivity contribution >= 4 is 5.91 Å². The summed E-state index contributed by atoms with van der Waals surface area (Å²) in [6.07, 6.45) is 1.35. The number of piperazine rings is 1. The average Bonchev–Trinajstić information content (AvgIpc) is 2.46. The van der Waals surface area contributed by atoms with Crippen molar-refractivity contribution in [2.45, 2.75) is 12.8 Å². The van der Waals surface area contributed by atoms with Crippen LogP contribution in [0, 0.1) is 0 Å². The van der Waals surface area contributed by atoms with Crippen molar-refractivity contribution in [3.63, 3.8) is 0 Å². The summed E-state index contributed by atoms with van der Waals surface area (Å²) in [6, 6.07) is 7.91. The minimum Gasteiger partial charge on any atom is -0.497 e. The van der Waals surface area contributed by atoms with Gasteiger partial charge < -0.3 is 15.0 Å². The summed E-state index contributed by atoms with van der Waals surface area (Å²) in [5.41, 5.74) is 1.15. The van der Waals surface area contributed by atoms with E-state index in [4.69, 9.17) is 4.74 Å². The monoisotopic (exact) mass is 248 g/mol. The number of hydrogen-bond donors (Lipinski definition) is 1. The zero-order valence-electron chi connectivity index (χ0n) is 10.8. The number of carbonyl (C=O) groups is 1. The van der Waals surface area contributed by atoms with Crippen molar-refractivity contribution < 1.29 is 9.53 Å². The van der Waals surface area contributed by atoms with Crippen molar-refractivity contribution in [1.29, 1.82) is 0 Å². The number of nitrogens with one attached hydrogen (secondary N) is 1. The Balaban J connectivity index is 1.84. The lowest BCUT2D eigenvalue weighted by molar-refractivity contribution is -0.131. The molecular weight excluding hydrogens is 228 g/mol. The molecular formula is C14H20N2O2. The van der Waals surface area contributed by atoms with Gasteiger partial charge in [0.2, 0.25) is 5.91 Å². The van der Waals surface area contributed by atoms with Crippen LogP contribution in [-0.4, -0.2) is 44.1 Å². The highest BCUT2D eigenvalue weighted by atomic mass is 16.5. The zero-order valence-corrected chi connectivity index (χ0v) is 10.8. The molecule has 4 nitrogen and oxygen atoms in total. The van der Waals surface area contributed by atoms with Gasteiger partial charge in [0.15, 0.2) is 0 Å². The molecule has 0 spiro atoms. The van der Waals surface area contributed by atoms with Crippen molar-refractivity contribution in [2.24, 2.45) is 0 Å². The second-order valence-corrected chi connectivity index (χ2v) is 4.48. The maximum absolute atomic E-state index is 12.0. The summed E-state index contributed by atoms with van der Waals surface area (Å²) in [6.45, 7) is 3.48. The van der Waals surface area contributed by atoms with Crippen LogP contribution in [0.15, 0.2) is 24.3 Å². The fourth-order valence-electron chi connectivity index (χ4n) is 2.15. The van der Waals surface area contributed by atoms with Crippen molar-refractivity contribution in [2.75, 3.05) is 33.3 Å². The molecule has 98 valence electrons. The van der Waals surface area contributed by atoms with Gasteiger partial charge in [-0.15, -0.1) is 0 Å². The van der Waals surface area contributed by atoms with E-state index in [1.807, 2.05) is 29.2 Å². The molecule has 0 saturated carbocycles. The lowest BCUT2D eigenvalue weighted by atomic mass is 10.1. The first-order valence-electron chi connectivity index (χ1n) is 6.41. The number of nitrogens with zero attached hydrogens (tertiary/aromatic N) is 1. The van der Waals surface area contributed by atoms with E-state index in [1.165, 1.54) is 0 Å². The van der Waals surface area contributed by atoms with Crippen LogP contribution in [0.3, 0.4) is 0 Å². The van der Waals surface area contributed by atoms with Crippen molar-refractivity contribution in [1.82, 2.24) is 10.2 Å². The van der Waals surface area contributed by atoms with Gasteiger partial charge in [-0.3, -0.25) is 4.79 Å². The molecule has 0 aliphatic carbocycles. The predicted octanol–water partition coefficient (Wildman–Crippen LogP) is 1.06. The van der Waals surface area contributed by atoms with E-state index >= 15 is 0 Å². The Morgan fingerprint density at radius 2 is 2.17 bits per heavy atom. The fraction of sp³-hybridized carbons (Fsp3) is 0.500. The van der Waals surface area contributed by atoms with Crippen molar-refractivity contribution in [3.8, 4) is 5.75 Å². The third-order valence-electron chi connectivity index (χ3n) is 3.23. The molecule has 18 heavy (non-hydrogen) atoms. The molecule has 4 heteroatoms. The first-order chi connectivity index (χ1) is 8.79. The van der Waals surface area contributed by atoms with E-state index in [0.717, 1.165) is 43.9 Å². The molecule has 1 aromatic rings. The molecule has 1 amide bonds. The second kappa shape index (κ2) is 6.40. The van der Waals surface area contributed by atoms with Crippen LogP contribution in [0.5, 0.6) is 5.75 Å². The minimum atomic E-state index is 0.249. The van der Waals surface area contributed by atoms with E-state index in [0.29, 0.717) is 6.42 Å². The third-order valence-corrected chi connectivity index (χ3v) is 3.23. The number of benzene rings is 1. The molecule has 0 aromatic heterocycles. The standard InChI is InChI=1S/C14H20N2O2/c1-18-13-4-2-3-12(11-13)5-6-14(17)16-9-7-15-8-10-16/h2-4,11,15H,5-10H2,1H3. The first kappa shape index (κ1) is 12.9. The van der Waals surface area contributed by atoms with Crippen LogP contribution in [0.4, 0.5) is 0 Å². The fourth-order valence-corrected chi connectivity index (χ4v) is 2.15. The Bertz CT molecular complexity index is 401. The molecule has 0 atom stereocenters. The van der Waals surface area contributed by atoms with E-state index in [2.05, 4.69) is 5.32 Å². The largest absolute Gasteiger partial charge is 0.497 e. The van der Waals surface area contributed by atoms with Crippen LogP contribution in [0.1, 0.15) is 12.0 Å². The summed E-state index contributed by atoms with van der Waals surface area (Å²) in [5, 5.41) is 3.25. The molecule has 1 aromatic carbocycles. The highest BCUT2D eigenvalue weighted by molar-refractivity contribution is 5.76. The molecule has 1 heterocycles. The highest BCUT2D eigenvalue weighted by Crippen LogP contribution is 2.14. The van der Waals surface area contributed by atoms with Gasteiger partial charge in [-0.25, -0.2) is 0 Å². The average molecular weight is 248 g/mol. The first-order valence-corrected chi connectivity index (χ1v) is 6.41. The van der Waals surface area contributed by atoms with Crippen molar-refractivity contribution in [3.05, 3.63) is 29.8 Å². The normalized spacial score (nSPS) is 15.5. The predicted molar refractivity (Wildman–Crippen MR) is 70.8 cm³/mol. The zero-order chi connectivity index (χ0) is 12.8. The highest BCUT2D eigenvalue weighted by Gasteiger charge is 2.15. The molecule has 0 radical (unpaired) electrons. The smallest absolute Gasteiger partial charge is 0.222 e. The maximum atomic E-state index is 12.0. The van der Waals surface area contributed by atoms with Gasteiger partial charge in [0.25, 0.3) is 0 Å². The summed E-state index contributed by atoms with van der Waals surface area (Å²) in [4.78, 5) is 13.9. The van der Waals surface area contributed by atoms with E-state index in [9.17, 15) is 4.79 Å². The molecule has 0 unspecified atom stereocenters. The number of hydrogen-bond acceptors (Lipinski definition) is 3. The SMILES string of the molecule is COc1cccc(CCC(=O)N2CCNCC2)c1. The number of ether oxygens (including phenoxy) is 1. The summed E-state index contributed by atoms with van der Waals surface area (Å²) in [5.74, 6) is 1.10. The van der Waals surface area contributed by atoms with Crippen LogP contribution >= 0.6 is 0 Å². The van der Waals surface area contributed by atoms with Gasteiger partial charge >= 0.3 is 0 Å². The Labute approximate surface area is 108 Å². The molecule has 1 saturated heterocycles. The Kier molecular flexibility index (Phi) is 4.59. The summed E-state index contributed by atoms with van der Waals surface area (Å²) in [7, 11) is 1.66. The minimum absolute atomic E-state index is 0.249. The Morgan fingerprint density at radius 3 is 2.89 bits per heavy atom. The maximum Gasteiger partial charge on any atom is 0.222 e. The number of amides is 1. The Hall–Kier alpha value is -1.55. The van der Waals surface area contributed by atoms with Gasteiger partial charge in [0.1, 0.15) is 5.75 Å². The van der Waals surface area contributed by atoms with Gasteiger partial charge in [-0.05, 0) is 24.1 Å². The summed E-state index contributed by atoms with van der Waals surface area (Å²) >= 11 is 0. The molecule has 0 bridgehead atoms. The van der Waals surface area contributed by atoms with E-state index in [1.54, 1.807) is 7.11 Å². The molecule has 2 rings (SSSR count). The van der Waals surface area contributed by atoms with Gasteiger partial charge in [0.05, 0.1) is 7.11 Å². The topological polar surface area (TPSA) is 41.6 Å². The molecule has 1 aliphatic rings. The van der Waals surface area contributed by atoms with Gasteiger partial charge in [-0.2, -0.15) is 0 Å².